The first-order valence-corrected chi connectivity index (χ1v) is 13.3. The Balaban J connectivity index is 0.000000192. The molecule has 0 saturated carbocycles. The number of benzene rings is 6. The van der Waals surface area contributed by atoms with Gasteiger partial charge < -0.3 is 20.4 Å². The SMILES string of the molecule is Oc1ccc(Cl)cc1N=Nc1c(O)ccc2ccccc12.Oc1ccc(Cl)cc1N=Nc1c(O)ccc2ccccc12.[V]. The summed E-state index contributed by atoms with van der Waals surface area (Å²) in [5.74, 6) is 0.00342. The molecule has 8 nitrogen and oxygen atoms in total. The van der Waals surface area contributed by atoms with Gasteiger partial charge in [-0.15, -0.1) is 20.5 Å². The van der Waals surface area contributed by atoms with Crippen LogP contribution in [0.3, 0.4) is 0 Å². The Kier molecular flexibility index (Phi) is 10.2. The zero-order valence-corrected chi connectivity index (χ0v) is 25.1. The molecular formula is C32H22Cl2N4O4V. The average molecular weight is 648 g/mol. The Morgan fingerprint density at radius 2 is 0.791 bits per heavy atom. The van der Waals surface area contributed by atoms with E-state index in [0.717, 1.165) is 21.5 Å². The van der Waals surface area contributed by atoms with Crippen molar-refractivity contribution in [3.63, 3.8) is 0 Å². The molecule has 0 amide bonds. The molecule has 0 bridgehead atoms. The molecule has 6 aromatic rings. The Morgan fingerprint density at radius 1 is 0.419 bits per heavy atom. The second-order valence-electron chi connectivity index (χ2n) is 8.97. The molecule has 0 aliphatic carbocycles. The molecule has 0 fully saturated rings. The topological polar surface area (TPSA) is 130 Å². The van der Waals surface area contributed by atoms with E-state index in [1.54, 1.807) is 36.4 Å². The van der Waals surface area contributed by atoms with E-state index in [0.29, 0.717) is 21.4 Å². The number of hydrogen-bond acceptors (Lipinski definition) is 8. The van der Waals surface area contributed by atoms with Crippen LogP contribution < -0.4 is 0 Å². The van der Waals surface area contributed by atoms with Gasteiger partial charge in [0, 0.05) is 39.4 Å². The summed E-state index contributed by atoms with van der Waals surface area (Å²) in [4.78, 5) is 0. The van der Waals surface area contributed by atoms with Crippen LogP contribution in [0.1, 0.15) is 0 Å². The standard InChI is InChI=1S/2C16H11ClN2O2.V/c2*17-11-6-8-14(20)13(9-11)18-19-16-12-4-2-1-3-10(12)5-7-15(16)21;/h2*1-9,20-21H;. The first-order chi connectivity index (χ1) is 20.3. The van der Waals surface area contributed by atoms with Crippen LogP contribution in [0, 0.1) is 0 Å². The molecule has 0 atom stereocenters. The zero-order chi connectivity index (χ0) is 29.6. The zero-order valence-electron chi connectivity index (χ0n) is 22.2. The predicted octanol–water partition coefficient (Wildman–Crippen LogP) is 10.6. The van der Waals surface area contributed by atoms with Gasteiger partial charge in [0.25, 0.3) is 0 Å². The number of fused-ring (bicyclic) bond motifs is 2. The second-order valence-corrected chi connectivity index (χ2v) is 9.85. The van der Waals surface area contributed by atoms with Crippen LogP contribution in [-0.2, 0) is 18.6 Å². The first kappa shape index (κ1) is 31.3. The Bertz CT molecular complexity index is 1840. The van der Waals surface area contributed by atoms with Crippen LogP contribution in [0.5, 0.6) is 23.0 Å². The maximum Gasteiger partial charge on any atom is 0.143 e. The molecule has 4 N–H and O–H groups in total. The molecule has 6 aromatic carbocycles. The van der Waals surface area contributed by atoms with Crippen LogP contribution in [0.4, 0.5) is 22.7 Å². The quantitative estimate of drug-likeness (QED) is 0.142. The van der Waals surface area contributed by atoms with E-state index in [-0.39, 0.29) is 52.9 Å². The van der Waals surface area contributed by atoms with Crippen LogP contribution in [0.25, 0.3) is 21.5 Å². The summed E-state index contributed by atoms with van der Waals surface area (Å²) in [6.45, 7) is 0. The summed E-state index contributed by atoms with van der Waals surface area (Å²) in [6.07, 6.45) is 0. The molecule has 6 rings (SSSR count). The maximum atomic E-state index is 9.97. The molecule has 0 aliphatic rings. The van der Waals surface area contributed by atoms with Crippen LogP contribution in [-0.4, -0.2) is 20.4 Å². The van der Waals surface area contributed by atoms with E-state index >= 15 is 0 Å². The summed E-state index contributed by atoms with van der Waals surface area (Å²) in [7, 11) is 0. The Hall–Kier alpha value is -4.60. The van der Waals surface area contributed by atoms with Crippen molar-refractivity contribution < 1.29 is 39.0 Å². The largest absolute Gasteiger partial charge is 0.506 e. The summed E-state index contributed by atoms with van der Waals surface area (Å²) < 4.78 is 0. The molecule has 43 heavy (non-hydrogen) atoms. The molecule has 0 spiro atoms. The number of phenols is 4. The first-order valence-electron chi connectivity index (χ1n) is 12.5. The maximum absolute atomic E-state index is 9.97. The van der Waals surface area contributed by atoms with E-state index in [1.807, 2.05) is 48.5 Å². The number of hydrogen-bond donors (Lipinski definition) is 4. The minimum Gasteiger partial charge on any atom is -0.506 e. The van der Waals surface area contributed by atoms with Crippen LogP contribution >= 0.6 is 23.2 Å². The summed E-state index contributed by atoms with van der Waals surface area (Å²) in [5, 5.41) is 59.8. The molecule has 0 aliphatic heterocycles. The van der Waals surface area contributed by atoms with E-state index in [1.165, 1.54) is 24.3 Å². The fourth-order valence-corrected chi connectivity index (χ4v) is 4.39. The predicted molar refractivity (Wildman–Crippen MR) is 166 cm³/mol. The number of rotatable bonds is 4. The van der Waals surface area contributed by atoms with Gasteiger partial charge in [-0.05, 0) is 59.3 Å². The van der Waals surface area contributed by atoms with Gasteiger partial charge in [-0.3, -0.25) is 0 Å². The van der Waals surface area contributed by atoms with Gasteiger partial charge in [-0.2, -0.15) is 0 Å². The molecule has 0 aromatic heterocycles. The average Bonchev–Trinajstić information content (AvgIpc) is 2.99. The van der Waals surface area contributed by atoms with Crippen molar-refractivity contribution in [2.75, 3.05) is 0 Å². The number of aromatic hydroxyl groups is 4. The third kappa shape index (κ3) is 7.44. The molecule has 1 radical (unpaired) electrons. The fourth-order valence-electron chi connectivity index (χ4n) is 4.06. The van der Waals surface area contributed by atoms with Gasteiger partial charge in [0.05, 0.1) is 0 Å². The summed E-state index contributed by atoms with van der Waals surface area (Å²) in [5.41, 5.74) is 1.20. The van der Waals surface area contributed by atoms with Gasteiger partial charge in [-0.1, -0.05) is 83.9 Å². The van der Waals surface area contributed by atoms with E-state index in [9.17, 15) is 20.4 Å². The normalized spacial score (nSPS) is 11.0. The number of azo groups is 2. The van der Waals surface area contributed by atoms with Gasteiger partial charge in [-0.25, -0.2) is 0 Å². The Morgan fingerprint density at radius 3 is 1.21 bits per heavy atom. The van der Waals surface area contributed by atoms with Crippen molar-refractivity contribution in [1.82, 2.24) is 0 Å². The second kappa shape index (κ2) is 14.0. The van der Waals surface area contributed by atoms with Crippen molar-refractivity contribution in [3.05, 3.63) is 119 Å². The molecule has 0 saturated heterocycles. The van der Waals surface area contributed by atoms with Gasteiger partial charge in [0.15, 0.2) is 0 Å². The summed E-state index contributed by atoms with van der Waals surface area (Å²) >= 11 is 11.7. The number of nitrogens with zero attached hydrogens (tertiary/aromatic N) is 4. The third-order valence-electron chi connectivity index (χ3n) is 6.15. The monoisotopic (exact) mass is 647 g/mol. The number of phenolic OH excluding ortho intramolecular Hbond substituents is 4. The van der Waals surface area contributed by atoms with Crippen LogP contribution in [0.2, 0.25) is 10.0 Å². The molecule has 213 valence electrons. The van der Waals surface area contributed by atoms with E-state index < -0.39 is 0 Å². The Labute approximate surface area is 268 Å². The molecule has 0 unspecified atom stereocenters. The van der Waals surface area contributed by atoms with Crippen LogP contribution in [0.15, 0.2) is 130 Å². The van der Waals surface area contributed by atoms with E-state index in [4.69, 9.17) is 23.2 Å². The van der Waals surface area contributed by atoms with Crippen molar-refractivity contribution in [2.45, 2.75) is 0 Å². The molecular weight excluding hydrogens is 626 g/mol. The van der Waals surface area contributed by atoms with Gasteiger partial charge in [0.2, 0.25) is 0 Å². The third-order valence-corrected chi connectivity index (χ3v) is 6.62. The van der Waals surface area contributed by atoms with Crippen molar-refractivity contribution in [1.29, 1.82) is 0 Å². The minimum absolute atomic E-state index is 0. The molecule has 0 heterocycles. The smallest absolute Gasteiger partial charge is 0.143 e. The minimum atomic E-state index is -0.0251. The van der Waals surface area contributed by atoms with E-state index in [2.05, 4.69) is 20.5 Å². The van der Waals surface area contributed by atoms with Gasteiger partial charge in [0.1, 0.15) is 45.7 Å². The number of halogens is 2. The molecule has 11 heteroatoms. The fraction of sp³-hybridized carbons (Fsp3) is 0. The van der Waals surface area contributed by atoms with Gasteiger partial charge >= 0.3 is 0 Å². The summed E-state index contributed by atoms with van der Waals surface area (Å²) in [6, 6.07) is 30.8. The van der Waals surface area contributed by atoms with Crippen molar-refractivity contribution >= 4 is 67.5 Å². The van der Waals surface area contributed by atoms with Crippen molar-refractivity contribution in [2.24, 2.45) is 20.5 Å². The van der Waals surface area contributed by atoms with Crippen molar-refractivity contribution in [3.8, 4) is 23.0 Å².